The molecule has 0 radical (unpaired) electrons. The Balaban J connectivity index is 2.83. The van der Waals surface area contributed by atoms with Crippen molar-refractivity contribution >= 4 is 37.1 Å². The molecule has 118 valence electrons. The predicted molar refractivity (Wildman–Crippen MR) is 83.8 cm³/mol. The van der Waals surface area contributed by atoms with Gasteiger partial charge in [0.05, 0.1) is 22.0 Å². The third kappa shape index (κ3) is 5.27. The minimum absolute atomic E-state index is 0.132. The number of thiocarbonyl (C=S) groups is 1. The lowest BCUT2D eigenvalue weighted by Gasteiger charge is -2.38. The summed E-state index contributed by atoms with van der Waals surface area (Å²) in [6.07, 6.45) is 3.80. The number of nitrogens with two attached hydrogens (primary N) is 1. The third-order valence-corrected chi connectivity index (χ3v) is 6.71. The fraction of sp³-hybridized carbons (Fsp3) is 0.909. The van der Waals surface area contributed by atoms with Crippen LogP contribution in [0.3, 0.4) is 0 Å². The normalized spacial score (nSPS) is 28.2. The van der Waals surface area contributed by atoms with Crippen LogP contribution in [-0.4, -0.2) is 45.1 Å². The van der Waals surface area contributed by atoms with Gasteiger partial charge in [-0.3, -0.25) is 0 Å². The second kappa shape index (κ2) is 6.25. The molecule has 1 fully saturated rings. The Morgan fingerprint density at radius 3 is 2.15 bits per heavy atom. The van der Waals surface area contributed by atoms with Crippen LogP contribution in [0.25, 0.3) is 0 Å². The predicted octanol–water partition coefficient (Wildman–Crippen LogP) is 0.185. The summed E-state index contributed by atoms with van der Waals surface area (Å²) in [5.41, 5.74) is 4.82. The Labute approximate surface area is 126 Å². The second-order valence-electron chi connectivity index (χ2n) is 5.68. The monoisotopic (exact) mass is 342 g/mol. The van der Waals surface area contributed by atoms with Gasteiger partial charge in [-0.05, 0) is 31.6 Å². The number of hydrogen-bond acceptors (Lipinski definition) is 5. The van der Waals surface area contributed by atoms with E-state index in [9.17, 15) is 16.8 Å². The number of rotatable bonds is 6. The lowest BCUT2D eigenvalue weighted by molar-refractivity contribution is 0.289. The Kier molecular flexibility index (Phi) is 5.56. The lowest BCUT2D eigenvalue weighted by Crippen LogP contribution is -2.58. The Bertz CT molecular complexity index is 560. The van der Waals surface area contributed by atoms with Crippen molar-refractivity contribution in [2.45, 2.75) is 38.1 Å². The summed E-state index contributed by atoms with van der Waals surface area (Å²) in [7, 11) is -7.06. The summed E-state index contributed by atoms with van der Waals surface area (Å²) in [6, 6.07) is 0. The number of nitrogens with one attached hydrogen (secondary N) is 1. The van der Waals surface area contributed by atoms with Crippen molar-refractivity contribution in [1.82, 2.24) is 4.72 Å². The minimum Gasteiger partial charge on any atom is -0.392 e. The zero-order valence-electron chi connectivity index (χ0n) is 11.8. The SMILES string of the molecule is CC1CCC(NS(=O)(=O)CCS(C)(=O)=O)(C(N)=S)CC1. The molecule has 6 nitrogen and oxygen atoms in total. The number of hydrogen-bond donors (Lipinski definition) is 2. The molecule has 0 aromatic rings. The summed E-state index contributed by atoms with van der Waals surface area (Å²) in [4.78, 5) is 0.132. The molecule has 0 amide bonds. The first kappa shape index (κ1) is 17.8. The smallest absolute Gasteiger partial charge is 0.213 e. The van der Waals surface area contributed by atoms with Crippen LogP contribution in [-0.2, 0) is 19.9 Å². The molecule has 0 aromatic heterocycles. The van der Waals surface area contributed by atoms with Crippen LogP contribution in [0.2, 0.25) is 0 Å². The standard InChI is InChI=1S/C11H22N2O4S3/c1-9-3-5-11(6-4-9,10(12)18)13-20(16,17)8-7-19(2,14)15/h9,13H,3-8H2,1-2H3,(H2,12,18). The summed E-state index contributed by atoms with van der Waals surface area (Å²) < 4.78 is 48.8. The Morgan fingerprint density at radius 1 is 1.25 bits per heavy atom. The molecule has 0 heterocycles. The largest absolute Gasteiger partial charge is 0.392 e. The highest BCUT2D eigenvalue weighted by atomic mass is 32.2. The van der Waals surface area contributed by atoms with Gasteiger partial charge in [0.15, 0.2) is 0 Å². The maximum absolute atomic E-state index is 12.0. The molecular formula is C11H22N2O4S3. The van der Waals surface area contributed by atoms with Crippen LogP contribution < -0.4 is 10.5 Å². The van der Waals surface area contributed by atoms with Crippen molar-refractivity contribution < 1.29 is 16.8 Å². The van der Waals surface area contributed by atoms with Gasteiger partial charge in [0.1, 0.15) is 9.84 Å². The van der Waals surface area contributed by atoms with E-state index in [2.05, 4.69) is 11.6 Å². The van der Waals surface area contributed by atoms with Gasteiger partial charge in [-0.15, -0.1) is 0 Å². The van der Waals surface area contributed by atoms with E-state index < -0.39 is 36.9 Å². The zero-order chi connectivity index (χ0) is 15.6. The van der Waals surface area contributed by atoms with Crippen molar-refractivity contribution in [2.24, 2.45) is 11.7 Å². The van der Waals surface area contributed by atoms with Gasteiger partial charge >= 0.3 is 0 Å². The summed E-state index contributed by atoms with van der Waals surface area (Å²) in [5, 5.41) is 0. The topological polar surface area (TPSA) is 106 Å². The minimum atomic E-state index is -3.73. The fourth-order valence-electron chi connectivity index (χ4n) is 2.26. The van der Waals surface area contributed by atoms with Crippen LogP contribution >= 0.6 is 12.2 Å². The summed E-state index contributed by atoms with van der Waals surface area (Å²) in [5.74, 6) is -0.365. The van der Waals surface area contributed by atoms with Crippen molar-refractivity contribution in [2.75, 3.05) is 17.8 Å². The van der Waals surface area contributed by atoms with Gasteiger partial charge in [-0.25, -0.2) is 21.6 Å². The average molecular weight is 343 g/mol. The van der Waals surface area contributed by atoms with Crippen LogP contribution in [0.15, 0.2) is 0 Å². The van der Waals surface area contributed by atoms with Crippen LogP contribution in [0.1, 0.15) is 32.6 Å². The fourth-order valence-corrected chi connectivity index (χ4v) is 5.68. The zero-order valence-corrected chi connectivity index (χ0v) is 14.2. The Morgan fingerprint density at radius 2 is 1.75 bits per heavy atom. The number of sulfone groups is 1. The molecule has 1 saturated carbocycles. The maximum Gasteiger partial charge on any atom is 0.213 e. The third-order valence-electron chi connectivity index (χ3n) is 3.67. The van der Waals surface area contributed by atoms with Gasteiger partial charge in [0.25, 0.3) is 0 Å². The molecule has 0 bridgehead atoms. The summed E-state index contributed by atoms with van der Waals surface area (Å²) in [6.45, 7) is 2.10. The quantitative estimate of drug-likeness (QED) is 0.667. The molecule has 0 saturated heterocycles. The highest BCUT2D eigenvalue weighted by Crippen LogP contribution is 2.32. The van der Waals surface area contributed by atoms with Crippen molar-refractivity contribution in [1.29, 1.82) is 0 Å². The molecule has 20 heavy (non-hydrogen) atoms. The molecule has 9 heteroatoms. The van der Waals surface area contributed by atoms with Crippen LogP contribution in [0.4, 0.5) is 0 Å². The van der Waals surface area contributed by atoms with Crippen LogP contribution in [0, 0.1) is 5.92 Å². The second-order valence-corrected chi connectivity index (χ2v) is 10.2. The van der Waals surface area contributed by atoms with E-state index >= 15 is 0 Å². The van der Waals surface area contributed by atoms with E-state index in [0.717, 1.165) is 19.1 Å². The van der Waals surface area contributed by atoms with Gasteiger partial charge < -0.3 is 5.73 Å². The average Bonchev–Trinajstić information content (AvgIpc) is 2.29. The summed E-state index contributed by atoms with van der Waals surface area (Å²) >= 11 is 5.02. The molecule has 0 atom stereocenters. The van der Waals surface area contributed by atoms with E-state index in [-0.39, 0.29) is 4.99 Å². The first-order chi connectivity index (χ1) is 8.96. The van der Waals surface area contributed by atoms with E-state index in [4.69, 9.17) is 18.0 Å². The van der Waals surface area contributed by atoms with E-state index in [0.29, 0.717) is 18.8 Å². The molecule has 1 aliphatic rings. The Hall–Kier alpha value is -0.250. The van der Waals surface area contributed by atoms with E-state index in [1.807, 2.05) is 0 Å². The number of sulfonamides is 1. The van der Waals surface area contributed by atoms with Crippen molar-refractivity contribution in [3.05, 3.63) is 0 Å². The van der Waals surface area contributed by atoms with Crippen molar-refractivity contribution in [3.8, 4) is 0 Å². The molecule has 0 spiro atoms. The molecule has 3 N–H and O–H groups in total. The molecular weight excluding hydrogens is 320 g/mol. The molecule has 0 unspecified atom stereocenters. The van der Waals surface area contributed by atoms with E-state index in [1.54, 1.807) is 0 Å². The van der Waals surface area contributed by atoms with Gasteiger partial charge in [0, 0.05) is 6.26 Å². The molecule has 1 rings (SSSR count). The van der Waals surface area contributed by atoms with Crippen molar-refractivity contribution in [3.63, 3.8) is 0 Å². The first-order valence-corrected chi connectivity index (χ1v) is 10.6. The van der Waals surface area contributed by atoms with Gasteiger partial charge in [0.2, 0.25) is 10.0 Å². The molecule has 0 aromatic carbocycles. The lowest BCUT2D eigenvalue weighted by atomic mass is 9.78. The van der Waals surface area contributed by atoms with Crippen LogP contribution in [0.5, 0.6) is 0 Å². The highest BCUT2D eigenvalue weighted by Gasteiger charge is 2.40. The first-order valence-electron chi connectivity index (χ1n) is 6.45. The molecule has 1 aliphatic carbocycles. The molecule has 0 aliphatic heterocycles. The maximum atomic E-state index is 12.0. The van der Waals surface area contributed by atoms with Gasteiger partial charge in [-0.1, -0.05) is 19.1 Å². The van der Waals surface area contributed by atoms with E-state index in [1.165, 1.54) is 0 Å². The van der Waals surface area contributed by atoms with Gasteiger partial charge in [-0.2, -0.15) is 0 Å². The highest BCUT2D eigenvalue weighted by molar-refractivity contribution is 7.93.